The van der Waals surface area contributed by atoms with Crippen molar-refractivity contribution in [2.45, 2.75) is 6.42 Å². The Hall–Kier alpha value is -2.14. The highest BCUT2D eigenvalue weighted by Gasteiger charge is 2.17. The van der Waals surface area contributed by atoms with Crippen LogP contribution in [-0.2, 0) is 11.2 Å². The van der Waals surface area contributed by atoms with E-state index < -0.39 is 5.97 Å². The number of amides is 1. The van der Waals surface area contributed by atoms with Crippen LogP contribution in [0.25, 0.3) is 0 Å². The summed E-state index contributed by atoms with van der Waals surface area (Å²) in [7, 11) is 1.59. The molecule has 0 fully saturated rings. The monoisotopic (exact) mass is 275 g/mol. The number of hydrogen-bond acceptors (Lipinski definition) is 3. The van der Waals surface area contributed by atoms with Crippen LogP contribution in [0.5, 0.6) is 0 Å². The summed E-state index contributed by atoms with van der Waals surface area (Å²) < 4.78 is 0. The van der Waals surface area contributed by atoms with Crippen molar-refractivity contribution < 1.29 is 14.7 Å². The molecule has 0 atom stereocenters. The first-order valence-corrected chi connectivity index (χ1v) is 6.64. The molecule has 0 saturated carbocycles. The molecule has 1 heterocycles. The number of carboxylic acids is 1. The van der Waals surface area contributed by atoms with E-state index >= 15 is 0 Å². The molecule has 19 heavy (non-hydrogen) atoms. The van der Waals surface area contributed by atoms with Gasteiger partial charge in [0.2, 0.25) is 5.91 Å². The first-order chi connectivity index (χ1) is 9.09. The number of nitrogens with zero attached hydrogens (tertiary/aromatic N) is 1. The van der Waals surface area contributed by atoms with Gasteiger partial charge < -0.3 is 10.0 Å². The number of carbonyl (C=O) groups is 2. The van der Waals surface area contributed by atoms with E-state index in [1.54, 1.807) is 25.2 Å². The summed E-state index contributed by atoms with van der Waals surface area (Å²) in [6.45, 7) is 0. The maximum absolute atomic E-state index is 12.1. The van der Waals surface area contributed by atoms with Gasteiger partial charge in [-0.1, -0.05) is 12.1 Å². The van der Waals surface area contributed by atoms with Crippen molar-refractivity contribution >= 4 is 28.9 Å². The molecule has 2 rings (SSSR count). The molecule has 1 aromatic heterocycles. The van der Waals surface area contributed by atoms with E-state index in [0.717, 1.165) is 5.56 Å². The average molecular weight is 275 g/mol. The van der Waals surface area contributed by atoms with Gasteiger partial charge in [0, 0.05) is 7.05 Å². The standard InChI is InChI=1S/C14H13NO3S/c1-15(13(16)8-10-6-7-19-9-10)12-5-3-2-4-11(12)14(17)18/h2-7,9H,8H2,1H3,(H,17,18). The quantitative estimate of drug-likeness (QED) is 0.933. The number of para-hydroxylation sites is 1. The van der Waals surface area contributed by atoms with Gasteiger partial charge in [0.15, 0.2) is 0 Å². The first-order valence-electron chi connectivity index (χ1n) is 5.69. The van der Waals surface area contributed by atoms with E-state index in [1.165, 1.54) is 22.3 Å². The molecule has 98 valence electrons. The second kappa shape index (κ2) is 5.67. The third-order valence-corrected chi connectivity index (χ3v) is 3.54. The van der Waals surface area contributed by atoms with E-state index in [9.17, 15) is 9.59 Å². The lowest BCUT2D eigenvalue weighted by atomic mass is 10.1. The van der Waals surface area contributed by atoms with Crippen molar-refractivity contribution in [3.63, 3.8) is 0 Å². The highest BCUT2D eigenvalue weighted by Crippen LogP contribution is 2.20. The number of aromatic carboxylic acids is 1. The molecule has 0 bridgehead atoms. The molecule has 5 heteroatoms. The van der Waals surface area contributed by atoms with Gasteiger partial charge in [-0.05, 0) is 34.5 Å². The van der Waals surface area contributed by atoms with Crippen molar-refractivity contribution in [2.75, 3.05) is 11.9 Å². The lowest BCUT2D eigenvalue weighted by Crippen LogP contribution is -2.29. The van der Waals surface area contributed by atoms with Crippen LogP contribution < -0.4 is 4.90 Å². The van der Waals surface area contributed by atoms with Crippen molar-refractivity contribution in [1.82, 2.24) is 0 Å². The fourth-order valence-corrected chi connectivity index (χ4v) is 2.44. The number of carboxylic acid groups (broad SMARTS) is 1. The number of benzene rings is 1. The van der Waals surface area contributed by atoms with Gasteiger partial charge in [-0.15, -0.1) is 0 Å². The van der Waals surface area contributed by atoms with Crippen LogP contribution in [0.2, 0.25) is 0 Å². The van der Waals surface area contributed by atoms with E-state index in [4.69, 9.17) is 5.11 Å². The van der Waals surface area contributed by atoms with Gasteiger partial charge in [-0.2, -0.15) is 11.3 Å². The first kappa shape index (κ1) is 13.3. The molecule has 0 aliphatic heterocycles. The zero-order chi connectivity index (χ0) is 13.8. The molecule has 2 aromatic rings. The lowest BCUT2D eigenvalue weighted by molar-refractivity contribution is -0.117. The normalized spacial score (nSPS) is 10.2. The largest absolute Gasteiger partial charge is 0.478 e. The highest BCUT2D eigenvalue weighted by molar-refractivity contribution is 7.08. The van der Waals surface area contributed by atoms with Crippen molar-refractivity contribution in [1.29, 1.82) is 0 Å². The van der Waals surface area contributed by atoms with E-state index in [2.05, 4.69) is 0 Å². The predicted octanol–water partition coefficient (Wildman–Crippen LogP) is 2.65. The SMILES string of the molecule is CN(C(=O)Cc1ccsc1)c1ccccc1C(=O)O. The van der Waals surface area contributed by atoms with Crippen molar-refractivity contribution in [2.24, 2.45) is 0 Å². The molecular formula is C14H13NO3S. The minimum absolute atomic E-state index is 0.128. The molecule has 1 N–H and O–H groups in total. The van der Waals surface area contributed by atoms with Crippen LogP contribution in [0.3, 0.4) is 0 Å². The summed E-state index contributed by atoms with van der Waals surface area (Å²) in [5.74, 6) is -1.17. The minimum atomic E-state index is -1.04. The smallest absolute Gasteiger partial charge is 0.337 e. The Balaban J connectivity index is 2.22. The second-order valence-electron chi connectivity index (χ2n) is 4.08. The Morgan fingerprint density at radius 2 is 2.00 bits per heavy atom. The Labute approximate surface area is 114 Å². The fraction of sp³-hybridized carbons (Fsp3) is 0.143. The van der Waals surface area contributed by atoms with E-state index in [1.807, 2.05) is 16.8 Å². The summed E-state index contributed by atoms with van der Waals surface area (Å²) in [5.41, 5.74) is 1.48. The van der Waals surface area contributed by atoms with E-state index in [-0.39, 0.29) is 17.9 Å². The number of likely N-dealkylation sites (N-methyl/N-ethyl adjacent to an activating group) is 1. The van der Waals surface area contributed by atoms with Gasteiger partial charge in [-0.3, -0.25) is 4.79 Å². The van der Waals surface area contributed by atoms with Gasteiger partial charge in [0.05, 0.1) is 17.7 Å². The third-order valence-electron chi connectivity index (χ3n) is 2.81. The third kappa shape index (κ3) is 3.00. The van der Waals surface area contributed by atoms with Crippen molar-refractivity contribution in [3.8, 4) is 0 Å². The second-order valence-corrected chi connectivity index (χ2v) is 4.86. The lowest BCUT2D eigenvalue weighted by Gasteiger charge is -2.19. The molecular weight excluding hydrogens is 262 g/mol. The van der Waals surface area contributed by atoms with E-state index in [0.29, 0.717) is 5.69 Å². The van der Waals surface area contributed by atoms with Gasteiger partial charge in [-0.25, -0.2) is 4.79 Å². The summed E-state index contributed by atoms with van der Waals surface area (Å²) in [4.78, 5) is 24.6. The maximum Gasteiger partial charge on any atom is 0.337 e. The zero-order valence-electron chi connectivity index (χ0n) is 10.4. The molecule has 1 amide bonds. The predicted molar refractivity (Wildman–Crippen MR) is 74.8 cm³/mol. The molecule has 0 aliphatic carbocycles. The van der Waals surface area contributed by atoms with Crippen LogP contribution in [-0.4, -0.2) is 24.0 Å². The summed E-state index contributed by atoms with van der Waals surface area (Å²) in [6.07, 6.45) is 0.272. The summed E-state index contributed by atoms with van der Waals surface area (Å²) in [6, 6.07) is 8.38. The Morgan fingerprint density at radius 3 is 2.63 bits per heavy atom. The van der Waals surface area contributed by atoms with Gasteiger partial charge in [0.25, 0.3) is 0 Å². The van der Waals surface area contributed by atoms with Crippen LogP contribution in [0.4, 0.5) is 5.69 Å². The van der Waals surface area contributed by atoms with Gasteiger partial charge >= 0.3 is 5.97 Å². The zero-order valence-corrected chi connectivity index (χ0v) is 11.2. The van der Waals surface area contributed by atoms with Crippen LogP contribution in [0.1, 0.15) is 15.9 Å². The molecule has 0 aliphatic rings. The topological polar surface area (TPSA) is 57.6 Å². The van der Waals surface area contributed by atoms with Crippen LogP contribution in [0, 0.1) is 0 Å². The molecule has 4 nitrogen and oxygen atoms in total. The molecule has 0 saturated heterocycles. The number of hydrogen-bond donors (Lipinski definition) is 1. The number of thiophene rings is 1. The molecule has 0 spiro atoms. The maximum atomic E-state index is 12.1. The number of carbonyl (C=O) groups excluding carboxylic acids is 1. The average Bonchev–Trinajstić information content (AvgIpc) is 2.90. The van der Waals surface area contributed by atoms with Crippen LogP contribution in [0.15, 0.2) is 41.1 Å². The number of rotatable bonds is 4. The Bertz CT molecular complexity index is 592. The van der Waals surface area contributed by atoms with Crippen molar-refractivity contribution in [3.05, 3.63) is 52.2 Å². The molecule has 0 radical (unpaired) electrons. The summed E-state index contributed by atoms with van der Waals surface area (Å²) >= 11 is 1.53. The van der Waals surface area contributed by atoms with Gasteiger partial charge in [0.1, 0.15) is 0 Å². The molecule has 0 unspecified atom stereocenters. The highest BCUT2D eigenvalue weighted by atomic mass is 32.1. The van der Waals surface area contributed by atoms with Crippen LogP contribution >= 0.6 is 11.3 Å². The summed E-state index contributed by atoms with van der Waals surface area (Å²) in [5, 5.41) is 12.9. The Kier molecular flexibility index (Phi) is 3.97. The molecule has 1 aromatic carbocycles. The minimum Gasteiger partial charge on any atom is -0.478 e. The Morgan fingerprint density at radius 1 is 1.26 bits per heavy atom. The fourth-order valence-electron chi connectivity index (χ4n) is 1.77. The number of anilines is 1.